The minimum atomic E-state index is 0.657. The summed E-state index contributed by atoms with van der Waals surface area (Å²) in [5, 5.41) is 7.85. The molecular formula is C15H13BrN4. The highest BCUT2D eigenvalue weighted by atomic mass is 79.9. The summed E-state index contributed by atoms with van der Waals surface area (Å²) < 4.78 is 2.68. The number of hydrogen-bond donors (Lipinski definition) is 1. The number of nitrogens with one attached hydrogen (secondary N) is 1. The summed E-state index contributed by atoms with van der Waals surface area (Å²) >= 11 is 3.41. The SMILES string of the molecule is Brc1ncccc1NCc1ccn(-c2ccccc2)n1. The van der Waals surface area contributed by atoms with Gasteiger partial charge >= 0.3 is 0 Å². The van der Waals surface area contributed by atoms with Crippen LogP contribution in [0, 0.1) is 0 Å². The second-order valence-corrected chi connectivity index (χ2v) is 5.03. The van der Waals surface area contributed by atoms with Gasteiger partial charge < -0.3 is 5.32 Å². The van der Waals surface area contributed by atoms with Gasteiger partial charge in [-0.1, -0.05) is 18.2 Å². The third-order valence-corrected chi connectivity index (χ3v) is 3.52. The Morgan fingerprint density at radius 3 is 2.70 bits per heavy atom. The standard InChI is InChI=1S/C15H13BrN4/c16-15-14(7-4-9-17-15)18-11-12-8-10-20(19-12)13-5-2-1-3-6-13/h1-10,18H,11H2. The fourth-order valence-electron chi connectivity index (χ4n) is 1.88. The van der Waals surface area contributed by atoms with E-state index in [-0.39, 0.29) is 0 Å². The number of benzene rings is 1. The first-order valence-corrected chi connectivity index (χ1v) is 7.06. The van der Waals surface area contributed by atoms with Crippen LogP contribution in [0.15, 0.2) is 65.5 Å². The van der Waals surface area contributed by atoms with Crippen LogP contribution in [0.5, 0.6) is 0 Å². The predicted octanol–water partition coefficient (Wildman–Crippen LogP) is 3.64. The highest BCUT2D eigenvalue weighted by Gasteiger charge is 2.03. The molecule has 0 saturated heterocycles. The van der Waals surface area contributed by atoms with Gasteiger partial charge in [-0.05, 0) is 46.3 Å². The molecule has 0 amide bonds. The molecule has 0 unspecified atom stereocenters. The summed E-state index contributed by atoms with van der Waals surface area (Å²) in [6, 6.07) is 15.9. The summed E-state index contributed by atoms with van der Waals surface area (Å²) in [6.45, 7) is 0.657. The van der Waals surface area contributed by atoms with Crippen molar-refractivity contribution in [2.24, 2.45) is 0 Å². The lowest BCUT2D eigenvalue weighted by Crippen LogP contribution is -2.02. The summed E-state index contributed by atoms with van der Waals surface area (Å²) in [5.74, 6) is 0. The van der Waals surface area contributed by atoms with Crippen molar-refractivity contribution >= 4 is 21.6 Å². The first-order valence-electron chi connectivity index (χ1n) is 6.27. The topological polar surface area (TPSA) is 42.7 Å². The van der Waals surface area contributed by atoms with Gasteiger partial charge in [0.25, 0.3) is 0 Å². The molecule has 1 aromatic carbocycles. The van der Waals surface area contributed by atoms with E-state index in [4.69, 9.17) is 0 Å². The molecule has 1 N–H and O–H groups in total. The Kier molecular flexibility index (Phi) is 3.78. The van der Waals surface area contributed by atoms with Gasteiger partial charge in [0.05, 0.1) is 23.6 Å². The van der Waals surface area contributed by atoms with Crippen molar-refractivity contribution in [3.8, 4) is 5.69 Å². The second kappa shape index (κ2) is 5.88. The molecule has 5 heteroatoms. The first kappa shape index (κ1) is 12.9. The maximum atomic E-state index is 4.54. The molecule has 2 aromatic heterocycles. The average Bonchev–Trinajstić information content (AvgIpc) is 2.96. The van der Waals surface area contributed by atoms with Crippen molar-refractivity contribution in [2.75, 3.05) is 5.32 Å². The van der Waals surface area contributed by atoms with Gasteiger partial charge in [0.2, 0.25) is 0 Å². The normalized spacial score (nSPS) is 10.4. The Bertz CT molecular complexity index is 694. The Labute approximate surface area is 125 Å². The van der Waals surface area contributed by atoms with E-state index in [1.54, 1.807) is 6.20 Å². The lowest BCUT2D eigenvalue weighted by molar-refractivity contribution is 0.843. The molecule has 0 aliphatic rings. The molecule has 0 spiro atoms. The van der Waals surface area contributed by atoms with Crippen LogP contribution < -0.4 is 5.32 Å². The van der Waals surface area contributed by atoms with Gasteiger partial charge in [0, 0.05) is 12.4 Å². The molecule has 4 nitrogen and oxygen atoms in total. The fourth-order valence-corrected chi connectivity index (χ4v) is 2.27. The van der Waals surface area contributed by atoms with Crippen molar-refractivity contribution in [2.45, 2.75) is 6.54 Å². The van der Waals surface area contributed by atoms with Crippen molar-refractivity contribution in [3.05, 3.63) is 71.2 Å². The zero-order valence-corrected chi connectivity index (χ0v) is 12.3. The third kappa shape index (κ3) is 2.88. The van der Waals surface area contributed by atoms with E-state index < -0.39 is 0 Å². The van der Waals surface area contributed by atoms with Crippen molar-refractivity contribution in [1.82, 2.24) is 14.8 Å². The molecule has 0 aliphatic heterocycles. The van der Waals surface area contributed by atoms with Gasteiger partial charge in [-0.25, -0.2) is 9.67 Å². The summed E-state index contributed by atoms with van der Waals surface area (Å²) in [7, 11) is 0. The van der Waals surface area contributed by atoms with Crippen LogP contribution >= 0.6 is 15.9 Å². The fraction of sp³-hybridized carbons (Fsp3) is 0.0667. The van der Waals surface area contributed by atoms with Gasteiger partial charge in [-0.3, -0.25) is 0 Å². The van der Waals surface area contributed by atoms with Crippen molar-refractivity contribution < 1.29 is 0 Å². The maximum Gasteiger partial charge on any atom is 0.129 e. The van der Waals surface area contributed by atoms with Crippen LogP contribution in [-0.4, -0.2) is 14.8 Å². The zero-order chi connectivity index (χ0) is 13.8. The summed E-state index contributed by atoms with van der Waals surface area (Å²) in [5.41, 5.74) is 2.99. The number of aromatic nitrogens is 3. The molecule has 0 aliphatic carbocycles. The van der Waals surface area contributed by atoms with E-state index in [9.17, 15) is 0 Å². The molecule has 0 bridgehead atoms. The number of para-hydroxylation sites is 1. The van der Waals surface area contributed by atoms with Gasteiger partial charge in [0.15, 0.2) is 0 Å². The van der Waals surface area contributed by atoms with Crippen LogP contribution in [0.4, 0.5) is 5.69 Å². The zero-order valence-electron chi connectivity index (χ0n) is 10.7. The molecule has 0 atom stereocenters. The Morgan fingerprint density at radius 2 is 1.90 bits per heavy atom. The molecule has 3 aromatic rings. The lowest BCUT2D eigenvalue weighted by atomic mass is 10.3. The van der Waals surface area contributed by atoms with Crippen molar-refractivity contribution in [3.63, 3.8) is 0 Å². The molecule has 0 fully saturated rings. The molecule has 0 saturated carbocycles. The van der Waals surface area contributed by atoms with E-state index >= 15 is 0 Å². The Morgan fingerprint density at radius 1 is 1.05 bits per heavy atom. The predicted molar refractivity (Wildman–Crippen MR) is 82.8 cm³/mol. The maximum absolute atomic E-state index is 4.54. The first-order chi connectivity index (χ1) is 9.83. The van der Waals surface area contributed by atoms with Crippen LogP contribution in [0.1, 0.15) is 5.69 Å². The number of halogens is 1. The van der Waals surface area contributed by atoms with Gasteiger partial charge in [-0.2, -0.15) is 5.10 Å². The number of nitrogens with zero attached hydrogens (tertiary/aromatic N) is 3. The van der Waals surface area contributed by atoms with E-state index in [2.05, 4.69) is 31.3 Å². The van der Waals surface area contributed by atoms with Crippen LogP contribution in [0.25, 0.3) is 5.69 Å². The number of anilines is 1. The molecule has 0 radical (unpaired) electrons. The number of pyridine rings is 1. The lowest BCUT2D eigenvalue weighted by Gasteiger charge is -2.05. The minimum absolute atomic E-state index is 0.657. The smallest absolute Gasteiger partial charge is 0.129 e. The molecule has 20 heavy (non-hydrogen) atoms. The quantitative estimate of drug-likeness (QED) is 0.743. The Hall–Kier alpha value is -2.14. The third-order valence-electron chi connectivity index (χ3n) is 2.88. The summed E-state index contributed by atoms with van der Waals surface area (Å²) in [4.78, 5) is 4.17. The van der Waals surface area contributed by atoms with Crippen LogP contribution in [0.3, 0.4) is 0 Å². The van der Waals surface area contributed by atoms with Crippen LogP contribution in [0.2, 0.25) is 0 Å². The molecule has 2 heterocycles. The van der Waals surface area contributed by atoms with Crippen molar-refractivity contribution in [1.29, 1.82) is 0 Å². The highest BCUT2D eigenvalue weighted by Crippen LogP contribution is 2.19. The highest BCUT2D eigenvalue weighted by molar-refractivity contribution is 9.10. The monoisotopic (exact) mass is 328 g/mol. The van der Waals surface area contributed by atoms with Gasteiger partial charge in [0.1, 0.15) is 4.60 Å². The van der Waals surface area contributed by atoms with E-state index in [1.807, 2.05) is 59.4 Å². The number of hydrogen-bond acceptors (Lipinski definition) is 3. The van der Waals surface area contributed by atoms with E-state index in [1.165, 1.54) is 0 Å². The average molecular weight is 329 g/mol. The largest absolute Gasteiger partial charge is 0.377 e. The van der Waals surface area contributed by atoms with Crippen LogP contribution in [-0.2, 0) is 6.54 Å². The Balaban J connectivity index is 1.71. The molecule has 3 rings (SSSR count). The minimum Gasteiger partial charge on any atom is -0.377 e. The summed E-state index contributed by atoms with van der Waals surface area (Å²) in [6.07, 6.45) is 3.71. The second-order valence-electron chi connectivity index (χ2n) is 4.28. The number of rotatable bonds is 4. The van der Waals surface area contributed by atoms with E-state index in [0.717, 1.165) is 21.7 Å². The van der Waals surface area contributed by atoms with Gasteiger partial charge in [-0.15, -0.1) is 0 Å². The molecular weight excluding hydrogens is 316 g/mol. The molecule has 100 valence electrons. The van der Waals surface area contributed by atoms with E-state index in [0.29, 0.717) is 6.54 Å².